The van der Waals surface area contributed by atoms with Crippen LogP contribution in [0.25, 0.3) is 0 Å². The molecule has 1 amide bonds. The second kappa shape index (κ2) is 9.36. The third-order valence-corrected chi connectivity index (χ3v) is 7.21. The van der Waals surface area contributed by atoms with Gasteiger partial charge in [0.05, 0.1) is 23.8 Å². The topological polar surface area (TPSA) is 59.9 Å². The van der Waals surface area contributed by atoms with E-state index in [2.05, 4.69) is 21.2 Å². The van der Waals surface area contributed by atoms with Gasteiger partial charge in [-0.15, -0.1) is 0 Å². The van der Waals surface area contributed by atoms with Gasteiger partial charge in [0, 0.05) is 36.0 Å². The predicted molar refractivity (Wildman–Crippen MR) is 119 cm³/mol. The molecule has 0 saturated carbocycles. The number of hydrogen-bond donors (Lipinski definition) is 1. The van der Waals surface area contributed by atoms with Gasteiger partial charge in [-0.2, -0.15) is 0 Å². The maximum absolute atomic E-state index is 15.0. The highest BCUT2D eigenvalue weighted by Crippen LogP contribution is 2.47. The predicted octanol–water partition coefficient (Wildman–Crippen LogP) is 4.51. The molecule has 2 heterocycles. The summed E-state index contributed by atoms with van der Waals surface area (Å²) in [6, 6.07) is 11.1. The normalized spacial score (nSPS) is 25.5. The van der Waals surface area contributed by atoms with Crippen molar-refractivity contribution in [1.29, 1.82) is 0 Å². The first-order valence-electron chi connectivity index (χ1n) is 9.77. The molecule has 31 heavy (non-hydrogen) atoms. The molecule has 0 aromatic heterocycles. The quantitative estimate of drug-likeness (QED) is 0.614. The monoisotopic (exact) mass is 510 g/mol. The molecule has 9 heteroatoms. The number of halogens is 3. The van der Waals surface area contributed by atoms with Crippen LogP contribution in [-0.2, 0) is 15.0 Å². The van der Waals surface area contributed by atoms with Crippen molar-refractivity contribution in [3.63, 3.8) is 0 Å². The molecule has 0 aliphatic carbocycles. The van der Waals surface area contributed by atoms with E-state index in [4.69, 9.17) is 14.5 Å². The molecule has 2 aromatic rings. The number of rotatable bonds is 4. The van der Waals surface area contributed by atoms with Crippen LogP contribution in [0.4, 0.5) is 8.78 Å². The van der Waals surface area contributed by atoms with Gasteiger partial charge in [-0.1, -0.05) is 30.0 Å². The maximum atomic E-state index is 15.0. The number of fused-ring (bicyclic) bond motifs is 1. The van der Waals surface area contributed by atoms with Crippen LogP contribution < -0.4 is 5.32 Å². The molecule has 3 atom stereocenters. The zero-order valence-electron chi connectivity index (χ0n) is 16.7. The van der Waals surface area contributed by atoms with Crippen LogP contribution in [0.1, 0.15) is 22.3 Å². The van der Waals surface area contributed by atoms with Crippen molar-refractivity contribution in [2.45, 2.75) is 18.1 Å². The standard InChI is InChI=1S/C22H21BrF2N2O3S/c1-29-10-15-7-14-11-31-21(26-20(28)13-5-3-2-4-6-13)27-22(14,12-30-15)16-8-17(23)19(25)9-18(16)24/h2-6,8-9,14-15H,7,10-12H2,1H3,(H,26,27,28). The number of thioether (sulfide) groups is 1. The van der Waals surface area contributed by atoms with Crippen LogP contribution in [-0.4, -0.2) is 43.3 Å². The van der Waals surface area contributed by atoms with E-state index in [1.807, 2.05) is 6.07 Å². The Morgan fingerprint density at radius 1 is 1.32 bits per heavy atom. The number of ether oxygens (including phenoxy) is 2. The van der Waals surface area contributed by atoms with Gasteiger partial charge >= 0.3 is 0 Å². The molecule has 0 spiro atoms. The number of carbonyl (C=O) groups is 1. The molecule has 0 radical (unpaired) electrons. The van der Waals surface area contributed by atoms with Gasteiger partial charge in [-0.3, -0.25) is 4.79 Å². The molecule has 2 aliphatic heterocycles. The third-order valence-electron chi connectivity index (χ3n) is 5.57. The summed E-state index contributed by atoms with van der Waals surface area (Å²) in [5.74, 6) is -1.14. The van der Waals surface area contributed by atoms with Crippen molar-refractivity contribution >= 4 is 38.8 Å². The van der Waals surface area contributed by atoms with Crippen molar-refractivity contribution < 1.29 is 23.0 Å². The van der Waals surface area contributed by atoms with Gasteiger partial charge in [0.15, 0.2) is 5.17 Å². The van der Waals surface area contributed by atoms with E-state index >= 15 is 0 Å². The lowest BCUT2D eigenvalue weighted by atomic mass is 9.75. The van der Waals surface area contributed by atoms with E-state index in [-0.39, 0.29) is 34.6 Å². The molecular formula is C22H21BrF2N2O3S. The Balaban J connectivity index is 1.71. The van der Waals surface area contributed by atoms with Crippen LogP contribution in [0.3, 0.4) is 0 Å². The Morgan fingerprint density at radius 3 is 2.84 bits per heavy atom. The molecule has 0 bridgehead atoms. The molecule has 5 nitrogen and oxygen atoms in total. The first-order valence-corrected chi connectivity index (χ1v) is 11.6. The molecular weight excluding hydrogens is 490 g/mol. The Labute approximate surface area is 191 Å². The van der Waals surface area contributed by atoms with Crippen molar-refractivity contribution in [2.75, 3.05) is 26.1 Å². The molecule has 2 aliphatic rings. The summed E-state index contributed by atoms with van der Waals surface area (Å²) in [6.45, 7) is 0.528. The largest absolute Gasteiger partial charge is 0.382 e. The molecule has 4 rings (SSSR count). The van der Waals surface area contributed by atoms with Crippen LogP contribution in [0.2, 0.25) is 0 Å². The Bertz CT molecular complexity index is 1010. The van der Waals surface area contributed by atoms with Crippen molar-refractivity contribution in [2.24, 2.45) is 10.9 Å². The fourth-order valence-electron chi connectivity index (χ4n) is 4.00. The van der Waals surface area contributed by atoms with Crippen LogP contribution >= 0.6 is 27.7 Å². The zero-order chi connectivity index (χ0) is 22.0. The highest BCUT2D eigenvalue weighted by Gasteiger charge is 2.50. The molecule has 1 saturated heterocycles. The average molecular weight is 511 g/mol. The number of carbonyl (C=O) groups excluding carboxylic acids is 1. The number of nitrogens with one attached hydrogen (secondary N) is 1. The Hall–Kier alpha value is -1.81. The minimum atomic E-state index is -1.07. The van der Waals surface area contributed by atoms with E-state index in [9.17, 15) is 13.6 Å². The number of amides is 1. The fourth-order valence-corrected chi connectivity index (χ4v) is 5.51. The van der Waals surface area contributed by atoms with Gasteiger partial charge in [-0.05, 0) is 40.5 Å². The lowest BCUT2D eigenvalue weighted by Gasteiger charge is -2.46. The number of methoxy groups -OCH3 is 1. The smallest absolute Gasteiger partial charge is 0.257 e. The van der Waals surface area contributed by atoms with Crippen molar-refractivity contribution in [3.05, 3.63) is 69.7 Å². The maximum Gasteiger partial charge on any atom is 0.257 e. The minimum absolute atomic E-state index is 0.0735. The second-order valence-corrected chi connectivity index (χ2v) is 9.40. The first-order chi connectivity index (χ1) is 14.9. The van der Waals surface area contributed by atoms with E-state index in [1.165, 1.54) is 17.8 Å². The molecule has 2 aromatic carbocycles. The first kappa shape index (κ1) is 22.4. The van der Waals surface area contributed by atoms with Gasteiger partial charge < -0.3 is 14.8 Å². The van der Waals surface area contributed by atoms with Gasteiger partial charge in [0.2, 0.25) is 0 Å². The summed E-state index contributed by atoms with van der Waals surface area (Å²) in [7, 11) is 1.60. The number of benzene rings is 2. The fraction of sp³-hybridized carbons (Fsp3) is 0.364. The third kappa shape index (κ3) is 4.55. The Morgan fingerprint density at radius 2 is 2.10 bits per heavy atom. The van der Waals surface area contributed by atoms with Crippen molar-refractivity contribution in [3.8, 4) is 0 Å². The number of aliphatic imine (C=N–C) groups is 1. The summed E-state index contributed by atoms with van der Waals surface area (Å²) in [4.78, 5) is 17.4. The highest BCUT2D eigenvalue weighted by atomic mass is 79.9. The SMILES string of the molecule is COCC1CC2CSC(NC(=O)c3ccccc3)=NC2(c2cc(Br)c(F)cc2F)CO1. The summed E-state index contributed by atoms with van der Waals surface area (Å²) in [5, 5.41) is 3.22. The minimum Gasteiger partial charge on any atom is -0.382 e. The van der Waals surface area contributed by atoms with E-state index in [0.717, 1.165) is 6.07 Å². The number of nitrogens with zero attached hydrogens (tertiary/aromatic N) is 1. The molecule has 3 unspecified atom stereocenters. The summed E-state index contributed by atoms with van der Waals surface area (Å²) < 4.78 is 40.2. The summed E-state index contributed by atoms with van der Waals surface area (Å²) in [5.41, 5.74) is -0.333. The zero-order valence-corrected chi connectivity index (χ0v) is 19.1. The van der Waals surface area contributed by atoms with Gasteiger partial charge in [-0.25, -0.2) is 13.8 Å². The van der Waals surface area contributed by atoms with E-state index in [1.54, 1.807) is 31.4 Å². The molecule has 1 N–H and O–H groups in total. The van der Waals surface area contributed by atoms with Crippen LogP contribution in [0.15, 0.2) is 51.9 Å². The van der Waals surface area contributed by atoms with E-state index in [0.29, 0.717) is 29.5 Å². The Kier molecular flexibility index (Phi) is 6.76. The van der Waals surface area contributed by atoms with Crippen LogP contribution in [0.5, 0.6) is 0 Å². The van der Waals surface area contributed by atoms with E-state index < -0.39 is 17.2 Å². The molecule has 1 fully saturated rings. The van der Waals surface area contributed by atoms with Crippen LogP contribution in [0, 0.1) is 17.6 Å². The summed E-state index contributed by atoms with van der Waals surface area (Å²) >= 11 is 4.57. The lowest BCUT2D eigenvalue weighted by Crippen LogP contribution is -2.52. The summed E-state index contributed by atoms with van der Waals surface area (Å²) in [6.07, 6.45) is 0.477. The molecule has 164 valence electrons. The van der Waals surface area contributed by atoms with Gasteiger partial charge in [0.25, 0.3) is 5.91 Å². The number of amidine groups is 1. The second-order valence-electron chi connectivity index (χ2n) is 7.54. The van der Waals surface area contributed by atoms with Crippen molar-refractivity contribution in [1.82, 2.24) is 5.32 Å². The lowest BCUT2D eigenvalue weighted by molar-refractivity contribution is -0.0837. The van der Waals surface area contributed by atoms with Gasteiger partial charge in [0.1, 0.15) is 17.2 Å². The average Bonchev–Trinajstić information content (AvgIpc) is 2.77. The number of hydrogen-bond acceptors (Lipinski definition) is 5. The highest BCUT2D eigenvalue weighted by molar-refractivity contribution is 9.10.